The zero-order valence-electron chi connectivity index (χ0n) is 9.90. The van der Waals surface area contributed by atoms with E-state index in [9.17, 15) is 0 Å². The van der Waals surface area contributed by atoms with E-state index in [0.717, 1.165) is 24.6 Å². The molecule has 0 aromatic carbocycles. The molecule has 0 fully saturated rings. The first-order valence-electron chi connectivity index (χ1n) is 5.78. The highest BCUT2D eigenvalue weighted by molar-refractivity contribution is 9.11. The minimum absolute atomic E-state index is 0.576. The number of rotatable bonds is 6. The lowest BCUT2D eigenvalue weighted by Crippen LogP contribution is -2.10. The van der Waals surface area contributed by atoms with Crippen LogP contribution in [0.2, 0.25) is 0 Å². The summed E-state index contributed by atoms with van der Waals surface area (Å²) in [5, 5.41) is 3.30. The zero-order chi connectivity index (χ0) is 12.8. The molecule has 0 amide bonds. The Kier molecular flexibility index (Phi) is 5.10. The summed E-state index contributed by atoms with van der Waals surface area (Å²) in [6.45, 7) is 1.44. The van der Waals surface area contributed by atoms with Crippen LogP contribution in [0.15, 0.2) is 28.2 Å². The van der Waals surface area contributed by atoms with E-state index in [1.165, 1.54) is 8.66 Å². The molecule has 0 unspecified atom stereocenters. The first kappa shape index (κ1) is 13.5. The van der Waals surface area contributed by atoms with Crippen molar-refractivity contribution in [3.05, 3.63) is 38.9 Å². The van der Waals surface area contributed by atoms with Gasteiger partial charge in [0.05, 0.1) is 3.79 Å². The molecule has 2 aromatic heterocycles. The van der Waals surface area contributed by atoms with Crippen LogP contribution in [0, 0.1) is 0 Å². The summed E-state index contributed by atoms with van der Waals surface area (Å²) < 4.78 is 1.17. The summed E-state index contributed by atoms with van der Waals surface area (Å²) in [6.07, 6.45) is 3.47. The van der Waals surface area contributed by atoms with Crippen molar-refractivity contribution >= 4 is 33.1 Å². The van der Waals surface area contributed by atoms with Gasteiger partial charge in [-0.05, 0) is 47.1 Å². The molecule has 0 aliphatic heterocycles. The van der Waals surface area contributed by atoms with Crippen molar-refractivity contribution in [1.82, 2.24) is 9.97 Å². The van der Waals surface area contributed by atoms with Crippen LogP contribution in [0.5, 0.6) is 0 Å². The molecule has 6 heteroatoms. The number of nitrogens with one attached hydrogen (secondary N) is 1. The van der Waals surface area contributed by atoms with Crippen molar-refractivity contribution in [3.8, 4) is 0 Å². The fraction of sp³-hybridized carbons (Fsp3) is 0.333. The van der Waals surface area contributed by atoms with E-state index >= 15 is 0 Å². The second-order valence-electron chi connectivity index (χ2n) is 3.78. The van der Waals surface area contributed by atoms with Crippen molar-refractivity contribution in [2.45, 2.75) is 12.8 Å². The summed E-state index contributed by atoms with van der Waals surface area (Å²) in [4.78, 5) is 9.91. The van der Waals surface area contributed by atoms with Gasteiger partial charge >= 0.3 is 0 Å². The largest absolute Gasteiger partial charge is 0.370 e. The maximum absolute atomic E-state index is 5.49. The molecule has 96 valence electrons. The van der Waals surface area contributed by atoms with Gasteiger partial charge in [0.1, 0.15) is 11.6 Å². The Balaban J connectivity index is 1.84. The minimum Gasteiger partial charge on any atom is -0.370 e. The highest BCUT2D eigenvalue weighted by atomic mass is 79.9. The number of anilines is 1. The molecule has 0 spiro atoms. The third kappa shape index (κ3) is 4.04. The predicted molar refractivity (Wildman–Crippen MR) is 79.0 cm³/mol. The van der Waals surface area contributed by atoms with Crippen LogP contribution in [0.1, 0.15) is 10.7 Å². The molecule has 4 nitrogen and oxygen atoms in total. The van der Waals surface area contributed by atoms with Gasteiger partial charge in [0.25, 0.3) is 0 Å². The summed E-state index contributed by atoms with van der Waals surface area (Å²) >= 11 is 5.22. The maximum Gasteiger partial charge on any atom is 0.131 e. The Morgan fingerprint density at radius 1 is 1.28 bits per heavy atom. The van der Waals surface area contributed by atoms with Crippen LogP contribution in [-0.2, 0) is 12.8 Å². The van der Waals surface area contributed by atoms with Crippen LogP contribution < -0.4 is 11.1 Å². The Morgan fingerprint density at radius 2 is 2.17 bits per heavy atom. The molecule has 18 heavy (non-hydrogen) atoms. The number of halogens is 1. The molecular formula is C12H15BrN4S. The third-order valence-corrected chi connectivity index (χ3v) is 4.06. The average molecular weight is 327 g/mol. The van der Waals surface area contributed by atoms with Gasteiger partial charge in [0, 0.05) is 24.0 Å². The number of thiophene rings is 1. The van der Waals surface area contributed by atoms with E-state index < -0.39 is 0 Å². The molecule has 3 N–H and O–H groups in total. The summed E-state index contributed by atoms with van der Waals surface area (Å²) in [6, 6.07) is 6.09. The fourth-order valence-corrected chi connectivity index (χ4v) is 3.03. The highest BCUT2D eigenvalue weighted by Crippen LogP contribution is 2.22. The monoisotopic (exact) mass is 326 g/mol. The normalized spacial score (nSPS) is 10.6. The molecule has 0 atom stereocenters. The molecule has 0 saturated carbocycles. The van der Waals surface area contributed by atoms with E-state index in [1.54, 1.807) is 17.5 Å². The number of hydrogen-bond donors (Lipinski definition) is 2. The first-order valence-corrected chi connectivity index (χ1v) is 7.39. The molecule has 0 aliphatic carbocycles. The van der Waals surface area contributed by atoms with Crippen molar-refractivity contribution in [3.63, 3.8) is 0 Å². The lowest BCUT2D eigenvalue weighted by atomic mass is 10.3. The van der Waals surface area contributed by atoms with E-state index in [-0.39, 0.29) is 0 Å². The Hall–Kier alpha value is -0.980. The summed E-state index contributed by atoms with van der Waals surface area (Å²) in [5.41, 5.74) is 5.49. The van der Waals surface area contributed by atoms with Gasteiger partial charge in [-0.2, -0.15) is 0 Å². The summed E-state index contributed by atoms with van der Waals surface area (Å²) in [7, 11) is 0. The third-order valence-electron chi connectivity index (χ3n) is 2.38. The van der Waals surface area contributed by atoms with Crippen molar-refractivity contribution in [2.24, 2.45) is 5.73 Å². The molecule has 2 rings (SSSR count). The maximum atomic E-state index is 5.49. The van der Waals surface area contributed by atoms with E-state index in [4.69, 9.17) is 5.73 Å². The lowest BCUT2D eigenvalue weighted by Gasteiger charge is -2.05. The van der Waals surface area contributed by atoms with Crippen LogP contribution >= 0.6 is 27.3 Å². The zero-order valence-corrected chi connectivity index (χ0v) is 12.3. The molecule has 0 bridgehead atoms. The Labute approximate surface area is 119 Å². The van der Waals surface area contributed by atoms with Crippen molar-refractivity contribution < 1.29 is 0 Å². The van der Waals surface area contributed by atoms with Crippen molar-refractivity contribution in [1.29, 1.82) is 0 Å². The minimum atomic E-state index is 0.576. The SMILES string of the molecule is NCCc1nccc(NCCc2ccc(Br)s2)n1. The van der Waals surface area contributed by atoms with Gasteiger partial charge < -0.3 is 11.1 Å². The van der Waals surface area contributed by atoms with Crippen LogP contribution in [-0.4, -0.2) is 23.1 Å². The first-order chi connectivity index (χ1) is 8.78. The molecule has 2 aromatic rings. The average Bonchev–Trinajstić information content (AvgIpc) is 2.76. The lowest BCUT2D eigenvalue weighted by molar-refractivity contribution is 0.864. The van der Waals surface area contributed by atoms with Gasteiger partial charge in [-0.15, -0.1) is 11.3 Å². The summed E-state index contributed by atoms with van der Waals surface area (Å²) in [5.74, 6) is 1.66. The topological polar surface area (TPSA) is 63.8 Å². The van der Waals surface area contributed by atoms with E-state index in [0.29, 0.717) is 13.0 Å². The fourth-order valence-electron chi connectivity index (χ4n) is 1.55. The van der Waals surface area contributed by atoms with Crippen LogP contribution in [0.3, 0.4) is 0 Å². The molecule has 2 heterocycles. The number of nitrogens with two attached hydrogens (primary N) is 1. The van der Waals surface area contributed by atoms with Crippen molar-refractivity contribution in [2.75, 3.05) is 18.4 Å². The smallest absolute Gasteiger partial charge is 0.131 e. The highest BCUT2D eigenvalue weighted by Gasteiger charge is 2.00. The number of nitrogens with zero attached hydrogens (tertiary/aromatic N) is 2. The van der Waals surface area contributed by atoms with Crippen LogP contribution in [0.4, 0.5) is 5.82 Å². The van der Waals surface area contributed by atoms with Gasteiger partial charge in [-0.1, -0.05) is 0 Å². The van der Waals surface area contributed by atoms with E-state index in [2.05, 4.69) is 43.3 Å². The number of aromatic nitrogens is 2. The Morgan fingerprint density at radius 3 is 2.89 bits per heavy atom. The molecule has 0 radical (unpaired) electrons. The van der Waals surface area contributed by atoms with Gasteiger partial charge in [-0.3, -0.25) is 0 Å². The molecular weight excluding hydrogens is 312 g/mol. The molecule has 0 aliphatic rings. The second-order valence-corrected chi connectivity index (χ2v) is 6.33. The van der Waals surface area contributed by atoms with Gasteiger partial charge in [0.2, 0.25) is 0 Å². The second kappa shape index (κ2) is 6.82. The van der Waals surface area contributed by atoms with E-state index in [1.807, 2.05) is 6.07 Å². The van der Waals surface area contributed by atoms with Gasteiger partial charge in [0.15, 0.2) is 0 Å². The molecule has 0 saturated heterocycles. The quantitative estimate of drug-likeness (QED) is 0.855. The Bertz CT molecular complexity index is 500. The number of hydrogen-bond acceptors (Lipinski definition) is 5. The van der Waals surface area contributed by atoms with Crippen LogP contribution in [0.25, 0.3) is 0 Å². The predicted octanol–water partition coefficient (Wildman–Crippen LogP) is 2.46. The van der Waals surface area contributed by atoms with Gasteiger partial charge in [-0.25, -0.2) is 9.97 Å². The standard InChI is InChI=1S/C12H15BrN4S/c13-10-2-1-9(18-10)4-7-15-12-5-8-16-11(17-12)3-6-14/h1-2,5,8H,3-4,6-7,14H2,(H,15,16,17).